The van der Waals surface area contributed by atoms with Crippen molar-refractivity contribution in [2.45, 2.75) is 26.7 Å². The average molecular weight is 263 g/mol. The number of hydrogen-bond donors (Lipinski definition) is 0. The summed E-state index contributed by atoms with van der Waals surface area (Å²) in [6.45, 7) is 6.28. The van der Waals surface area contributed by atoms with Crippen LogP contribution in [0.3, 0.4) is 0 Å². The molecule has 0 fully saturated rings. The minimum absolute atomic E-state index is 0. The molecule has 5 heteroatoms. The molecule has 0 radical (unpaired) electrons. The van der Waals surface area contributed by atoms with E-state index in [2.05, 4.69) is 6.58 Å². The minimum Gasteiger partial charge on any atom is -0.550 e. The van der Waals surface area contributed by atoms with Gasteiger partial charge >= 0.3 is 26.2 Å². The maximum atomic E-state index is 9.49. The second-order valence-corrected chi connectivity index (χ2v) is 2.19. The molecule has 0 atom stereocenters. The molecule has 0 amide bonds. The van der Waals surface area contributed by atoms with Crippen molar-refractivity contribution in [3.8, 4) is 0 Å². The van der Waals surface area contributed by atoms with Crippen LogP contribution in [0.4, 0.5) is 0 Å². The van der Waals surface area contributed by atoms with Crippen molar-refractivity contribution in [1.29, 1.82) is 0 Å². The maximum absolute atomic E-state index is 9.49. The summed E-state index contributed by atoms with van der Waals surface area (Å²) in [6, 6.07) is 0. The Bertz CT molecular complexity index is 165. The fourth-order valence-electron chi connectivity index (χ4n) is 0.204. The zero-order chi connectivity index (χ0) is 10.1. The van der Waals surface area contributed by atoms with E-state index in [1.54, 1.807) is 6.92 Å². The van der Waals surface area contributed by atoms with Crippen molar-refractivity contribution in [1.82, 2.24) is 0 Å². The summed E-state index contributed by atoms with van der Waals surface area (Å²) in [6.07, 6.45) is 0.850. The normalized spacial score (nSPS) is 7.23. The summed E-state index contributed by atoms with van der Waals surface area (Å²) in [5.41, 5.74) is 0.0648. The zero-order valence-corrected chi connectivity index (χ0v) is 10.2. The van der Waals surface area contributed by atoms with E-state index in [9.17, 15) is 19.8 Å². The standard InChI is InChI=1S/C4H6O2.C4H8O2.Zr/c1-3(2)4(5)6;1-2-3-4(5)6;/h1H2,2H3,(H,5,6);2-3H2,1H3,(H,5,6);/q;;+2/p-2. The van der Waals surface area contributed by atoms with Crippen molar-refractivity contribution in [3.05, 3.63) is 12.2 Å². The molecular formula is C8H12O4Zr. The quantitative estimate of drug-likeness (QED) is 0.602. The molecule has 0 rings (SSSR count). The smallest absolute Gasteiger partial charge is 0.550 e. The van der Waals surface area contributed by atoms with E-state index in [0.717, 1.165) is 0 Å². The van der Waals surface area contributed by atoms with Gasteiger partial charge in [-0.15, -0.1) is 0 Å². The Morgan fingerprint density at radius 1 is 1.31 bits per heavy atom. The van der Waals surface area contributed by atoms with E-state index in [1.165, 1.54) is 6.92 Å². The van der Waals surface area contributed by atoms with E-state index >= 15 is 0 Å². The van der Waals surface area contributed by atoms with Crippen molar-refractivity contribution in [2.75, 3.05) is 0 Å². The summed E-state index contributed by atoms with van der Waals surface area (Å²) < 4.78 is 0. The Kier molecular flexibility index (Phi) is 16.3. The van der Waals surface area contributed by atoms with Crippen LogP contribution in [0.25, 0.3) is 0 Å². The number of carbonyl (C=O) groups excluding carboxylic acids is 2. The topological polar surface area (TPSA) is 80.3 Å². The summed E-state index contributed by atoms with van der Waals surface area (Å²) in [7, 11) is 0. The van der Waals surface area contributed by atoms with Gasteiger partial charge in [0.15, 0.2) is 0 Å². The van der Waals surface area contributed by atoms with Crippen molar-refractivity contribution in [3.63, 3.8) is 0 Å². The van der Waals surface area contributed by atoms with Gasteiger partial charge in [0.2, 0.25) is 0 Å². The number of carboxylic acids is 2. The first-order valence-corrected chi connectivity index (χ1v) is 3.48. The third kappa shape index (κ3) is 24.6. The number of carboxylic acid groups (broad SMARTS) is 2. The molecule has 0 aliphatic rings. The second-order valence-electron chi connectivity index (χ2n) is 2.19. The second kappa shape index (κ2) is 11.6. The van der Waals surface area contributed by atoms with E-state index < -0.39 is 11.9 Å². The van der Waals surface area contributed by atoms with E-state index in [4.69, 9.17) is 0 Å². The number of hydrogen-bond acceptors (Lipinski definition) is 4. The minimum atomic E-state index is -1.19. The summed E-state index contributed by atoms with van der Waals surface area (Å²) in [4.78, 5) is 19.0. The molecule has 13 heavy (non-hydrogen) atoms. The van der Waals surface area contributed by atoms with Gasteiger partial charge in [0.05, 0.1) is 5.97 Å². The molecule has 72 valence electrons. The van der Waals surface area contributed by atoms with Crippen LogP contribution in [-0.4, -0.2) is 11.9 Å². The van der Waals surface area contributed by atoms with Gasteiger partial charge < -0.3 is 19.8 Å². The van der Waals surface area contributed by atoms with Gasteiger partial charge in [-0.1, -0.05) is 19.9 Å². The first-order chi connectivity index (χ1) is 5.41. The van der Waals surface area contributed by atoms with E-state index in [0.29, 0.717) is 6.42 Å². The molecular weight excluding hydrogens is 251 g/mol. The average Bonchev–Trinajstić information content (AvgIpc) is 1.87. The predicted molar refractivity (Wildman–Crippen MR) is 39.7 cm³/mol. The SMILES string of the molecule is C=C(C)C(=O)[O-].CCCC(=O)[O-].[Zr+2]. The molecule has 0 N–H and O–H groups in total. The third-order valence-corrected chi connectivity index (χ3v) is 0.803. The molecule has 0 aliphatic carbocycles. The van der Waals surface area contributed by atoms with E-state index in [-0.39, 0.29) is 38.2 Å². The molecule has 0 aromatic heterocycles. The van der Waals surface area contributed by atoms with Gasteiger partial charge in [-0.25, -0.2) is 0 Å². The fourth-order valence-corrected chi connectivity index (χ4v) is 0.204. The van der Waals surface area contributed by atoms with Gasteiger partial charge in [0, 0.05) is 5.97 Å². The summed E-state index contributed by atoms with van der Waals surface area (Å²) in [5.74, 6) is -2.15. The van der Waals surface area contributed by atoms with Crippen LogP contribution in [0, 0.1) is 0 Å². The molecule has 4 nitrogen and oxygen atoms in total. The number of rotatable bonds is 3. The summed E-state index contributed by atoms with van der Waals surface area (Å²) in [5, 5.41) is 19.0. The van der Waals surface area contributed by atoms with Gasteiger partial charge in [0.1, 0.15) is 0 Å². The first-order valence-electron chi connectivity index (χ1n) is 3.48. The van der Waals surface area contributed by atoms with Crippen LogP contribution in [0.15, 0.2) is 12.2 Å². The monoisotopic (exact) mass is 262 g/mol. The van der Waals surface area contributed by atoms with Gasteiger partial charge in [0.25, 0.3) is 0 Å². The Hall–Kier alpha value is -0.437. The molecule has 0 unspecified atom stereocenters. The molecule has 0 aliphatic heterocycles. The fraction of sp³-hybridized carbons (Fsp3) is 0.500. The molecule has 0 aromatic carbocycles. The number of aliphatic carboxylic acids is 2. The van der Waals surface area contributed by atoms with Crippen molar-refractivity contribution >= 4 is 11.9 Å². The largest absolute Gasteiger partial charge is 2.00 e. The van der Waals surface area contributed by atoms with Crippen molar-refractivity contribution in [2.24, 2.45) is 0 Å². The van der Waals surface area contributed by atoms with Crippen LogP contribution >= 0.6 is 0 Å². The Balaban J connectivity index is -0.000000143. The molecule has 0 saturated heterocycles. The molecule has 0 saturated carbocycles. The first kappa shape index (κ1) is 18.4. The maximum Gasteiger partial charge on any atom is 2.00 e. The van der Waals surface area contributed by atoms with Crippen LogP contribution in [0.2, 0.25) is 0 Å². The van der Waals surface area contributed by atoms with Crippen LogP contribution in [0.1, 0.15) is 26.7 Å². The van der Waals surface area contributed by atoms with Crippen LogP contribution in [0.5, 0.6) is 0 Å². The van der Waals surface area contributed by atoms with E-state index in [1.807, 2.05) is 0 Å². The van der Waals surface area contributed by atoms with Crippen molar-refractivity contribution < 1.29 is 46.0 Å². The zero-order valence-electron chi connectivity index (χ0n) is 7.75. The Morgan fingerprint density at radius 3 is 1.62 bits per heavy atom. The van der Waals surface area contributed by atoms with Crippen LogP contribution < -0.4 is 10.2 Å². The predicted octanol–water partition coefficient (Wildman–Crippen LogP) is -1.15. The number of carbonyl (C=O) groups is 2. The Labute approximate surface area is 96.8 Å². The Morgan fingerprint density at radius 2 is 1.62 bits per heavy atom. The molecule has 0 spiro atoms. The molecule has 0 heterocycles. The van der Waals surface area contributed by atoms with Gasteiger partial charge in [-0.3, -0.25) is 0 Å². The molecule has 0 bridgehead atoms. The van der Waals surface area contributed by atoms with Crippen LogP contribution in [-0.2, 0) is 35.8 Å². The molecule has 0 aromatic rings. The summed E-state index contributed by atoms with van der Waals surface area (Å²) >= 11 is 0. The third-order valence-electron chi connectivity index (χ3n) is 0.803. The van der Waals surface area contributed by atoms with Gasteiger partial charge in [-0.05, 0) is 18.9 Å². The van der Waals surface area contributed by atoms with Gasteiger partial charge in [-0.2, -0.15) is 0 Å².